The molecular weight excluding hydrogens is 723 g/mol. The molecule has 3 aromatic rings. The van der Waals surface area contributed by atoms with Crippen LogP contribution in [0.25, 0.3) is 0 Å². The Labute approximate surface area is 337 Å². The van der Waals surface area contributed by atoms with Gasteiger partial charge in [0, 0.05) is 43.4 Å². The first-order chi connectivity index (χ1) is 27.9. The summed E-state index contributed by atoms with van der Waals surface area (Å²) in [5.41, 5.74) is 5.45. The summed E-state index contributed by atoms with van der Waals surface area (Å²) in [5, 5.41) is 24.7. The van der Waals surface area contributed by atoms with Crippen molar-refractivity contribution >= 4 is 11.8 Å². The average molecular weight is 782 g/mol. The van der Waals surface area contributed by atoms with Crippen LogP contribution in [0.15, 0.2) is 96.2 Å². The molecule has 1 saturated carbocycles. The number of hydrogen-bond donors (Lipinski definition) is 2. The summed E-state index contributed by atoms with van der Waals surface area (Å²) in [7, 11) is 1.40. The summed E-state index contributed by atoms with van der Waals surface area (Å²) in [6.07, 6.45) is 9.30. The van der Waals surface area contributed by atoms with E-state index in [1.165, 1.54) is 7.11 Å². The number of amides is 1. The Bertz CT molecular complexity index is 1850. The van der Waals surface area contributed by atoms with Crippen LogP contribution in [0.2, 0.25) is 0 Å². The fraction of sp³-hybridized carbons (Fsp3) is 0.500. The molecule has 11 nitrogen and oxygen atoms in total. The van der Waals surface area contributed by atoms with Crippen LogP contribution in [0, 0.1) is 24.7 Å². The van der Waals surface area contributed by atoms with Crippen molar-refractivity contribution < 1.29 is 38.8 Å². The van der Waals surface area contributed by atoms with Crippen molar-refractivity contribution in [2.75, 3.05) is 33.5 Å². The second-order valence-corrected chi connectivity index (χ2v) is 15.3. The molecule has 6 rings (SSSR count). The van der Waals surface area contributed by atoms with Gasteiger partial charge in [0.25, 0.3) is 0 Å². The quantitative estimate of drug-likeness (QED) is 0.0661. The molecule has 2 N–H and O–H groups in total. The third-order valence-corrected chi connectivity index (χ3v) is 11.5. The van der Waals surface area contributed by atoms with Crippen LogP contribution in [0.1, 0.15) is 86.7 Å². The number of rotatable bonds is 20. The minimum atomic E-state index is -1.35. The number of aliphatic hydroxyl groups excluding tert-OH is 2. The summed E-state index contributed by atoms with van der Waals surface area (Å²) in [4.78, 5) is 26.3. The molecule has 57 heavy (non-hydrogen) atoms. The number of aromatic nitrogens is 1. The highest BCUT2D eigenvalue weighted by Gasteiger charge is 2.65. The Morgan fingerprint density at radius 2 is 1.82 bits per heavy atom. The van der Waals surface area contributed by atoms with Crippen molar-refractivity contribution in [3.8, 4) is 11.5 Å². The van der Waals surface area contributed by atoms with Gasteiger partial charge in [-0.1, -0.05) is 73.5 Å². The van der Waals surface area contributed by atoms with Gasteiger partial charge in [0.15, 0.2) is 0 Å². The third kappa shape index (κ3) is 9.54. The van der Waals surface area contributed by atoms with E-state index in [4.69, 9.17) is 28.9 Å². The number of carbonyl (C=O) groups is 1. The second kappa shape index (κ2) is 20.1. The first-order valence-electron chi connectivity index (χ1n) is 20.5. The maximum Gasteiger partial charge on any atom is 0.409 e. The molecular formula is C46H59N3O8. The van der Waals surface area contributed by atoms with Gasteiger partial charge in [-0.25, -0.2) is 4.79 Å². The van der Waals surface area contributed by atoms with Crippen LogP contribution >= 0.6 is 0 Å². The molecule has 0 radical (unpaired) electrons. The molecule has 0 bridgehead atoms. The predicted molar refractivity (Wildman–Crippen MR) is 219 cm³/mol. The summed E-state index contributed by atoms with van der Waals surface area (Å²) in [6, 6.07) is 21.1. The number of ether oxygens (including phenoxy) is 4. The molecule has 0 spiro atoms. The topological polar surface area (TPSA) is 132 Å². The summed E-state index contributed by atoms with van der Waals surface area (Å²) in [5.74, 6) is -0.380. The lowest BCUT2D eigenvalue weighted by Gasteiger charge is -2.59. The minimum absolute atomic E-state index is 0.0926. The largest absolute Gasteiger partial charge is 0.487 e. The van der Waals surface area contributed by atoms with Gasteiger partial charge < -0.3 is 34.0 Å². The van der Waals surface area contributed by atoms with Gasteiger partial charge in [-0.15, -0.1) is 6.58 Å². The first-order valence-corrected chi connectivity index (χ1v) is 20.5. The molecule has 3 aliphatic rings. The SMILES string of the molecule is C=CCOC12Oc3ccc(OCc4cccc(C)n4)cc3C3C(CCCCO)C(CCCCO)C=C(C(=NOCc4ccccc4)CC1N(CCC)C(=O)OC)C32. The maximum absolute atomic E-state index is 13.8. The standard InChI is InChI=1S/C46H59N3O8/c1-5-23-49(45(52)53-4)42-29-40(48-56-30-33-16-8-7-9-17-33)38-27-34(18-10-12-24-50)37(20-11-13-25-51)43-39-28-36(54-31-35-19-14-15-32(3)47-35)21-22-41(39)57-46(42,44(38)43)55-26-6-2/h6-9,14-17,19,21-22,27-28,34,37,42-44,50-51H,2,5,10-13,18,20,23-26,29-31H2,1,3-4H3. The summed E-state index contributed by atoms with van der Waals surface area (Å²) >= 11 is 0. The molecule has 306 valence electrons. The Morgan fingerprint density at radius 1 is 1.04 bits per heavy atom. The Kier molecular flexibility index (Phi) is 14.8. The summed E-state index contributed by atoms with van der Waals surface area (Å²) in [6.45, 7) is 9.41. The Hall–Kier alpha value is -4.71. The van der Waals surface area contributed by atoms with Crippen LogP contribution in [0.3, 0.4) is 0 Å². The van der Waals surface area contributed by atoms with Crippen molar-refractivity contribution in [2.24, 2.45) is 22.9 Å². The normalized spacial score (nSPS) is 24.1. The molecule has 1 aromatic heterocycles. The fourth-order valence-corrected chi connectivity index (χ4v) is 9.07. The van der Waals surface area contributed by atoms with E-state index >= 15 is 0 Å². The van der Waals surface area contributed by atoms with E-state index in [9.17, 15) is 15.0 Å². The smallest absolute Gasteiger partial charge is 0.409 e. The van der Waals surface area contributed by atoms with Gasteiger partial charge in [-0.2, -0.15) is 0 Å². The number of carbonyl (C=O) groups excluding carboxylic acids is 1. The summed E-state index contributed by atoms with van der Waals surface area (Å²) < 4.78 is 26.1. The second-order valence-electron chi connectivity index (χ2n) is 15.3. The number of hydrogen-bond acceptors (Lipinski definition) is 10. The number of methoxy groups -OCH3 is 1. The highest BCUT2D eigenvalue weighted by molar-refractivity contribution is 6.03. The van der Waals surface area contributed by atoms with Crippen molar-refractivity contribution in [2.45, 2.75) is 96.2 Å². The number of pyridine rings is 1. The number of nitrogens with zero attached hydrogens (tertiary/aromatic N) is 3. The molecule has 1 fully saturated rings. The molecule has 2 aromatic carbocycles. The van der Waals surface area contributed by atoms with E-state index in [-0.39, 0.29) is 44.2 Å². The number of aliphatic hydroxyl groups is 2. The zero-order valence-electron chi connectivity index (χ0n) is 33.7. The number of unbranched alkanes of at least 4 members (excludes halogenated alkanes) is 2. The third-order valence-electron chi connectivity index (χ3n) is 11.5. The lowest BCUT2D eigenvalue weighted by molar-refractivity contribution is -0.255. The van der Waals surface area contributed by atoms with E-state index in [1.807, 2.05) is 74.5 Å². The first kappa shape index (κ1) is 41.9. The highest BCUT2D eigenvalue weighted by atomic mass is 16.7. The van der Waals surface area contributed by atoms with Crippen LogP contribution in [-0.2, 0) is 27.5 Å². The number of allylic oxidation sites excluding steroid dienone is 1. The Morgan fingerprint density at radius 3 is 2.54 bits per heavy atom. The molecule has 11 heteroatoms. The zero-order chi connectivity index (χ0) is 40.2. The molecule has 1 amide bonds. The number of aryl methyl sites for hydroxylation is 1. The van der Waals surface area contributed by atoms with Gasteiger partial charge in [0.2, 0.25) is 5.79 Å². The van der Waals surface area contributed by atoms with E-state index in [1.54, 1.807) is 11.0 Å². The predicted octanol–water partition coefficient (Wildman–Crippen LogP) is 8.28. The van der Waals surface area contributed by atoms with Gasteiger partial charge in [-0.05, 0) is 92.3 Å². The van der Waals surface area contributed by atoms with Gasteiger partial charge in [0.1, 0.15) is 30.8 Å². The number of fused-ring (bicyclic) bond motifs is 2. The van der Waals surface area contributed by atoms with Crippen molar-refractivity contribution in [3.63, 3.8) is 0 Å². The van der Waals surface area contributed by atoms with E-state index in [0.29, 0.717) is 50.3 Å². The van der Waals surface area contributed by atoms with Crippen LogP contribution < -0.4 is 9.47 Å². The highest BCUT2D eigenvalue weighted by Crippen LogP contribution is 2.62. The Balaban J connectivity index is 1.55. The van der Waals surface area contributed by atoms with Crippen molar-refractivity contribution in [1.29, 1.82) is 0 Å². The zero-order valence-corrected chi connectivity index (χ0v) is 33.7. The van der Waals surface area contributed by atoms with E-state index in [0.717, 1.165) is 59.5 Å². The fourth-order valence-electron chi connectivity index (χ4n) is 9.07. The van der Waals surface area contributed by atoms with Crippen molar-refractivity contribution in [3.05, 3.63) is 114 Å². The number of oxime groups is 1. The van der Waals surface area contributed by atoms with Gasteiger partial charge in [-0.3, -0.25) is 9.88 Å². The van der Waals surface area contributed by atoms with Gasteiger partial charge in [0.05, 0.1) is 31.0 Å². The van der Waals surface area contributed by atoms with E-state index in [2.05, 4.69) is 23.7 Å². The monoisotopic (exact) mass is 781 g/mol. The molecule has 0 saturated heterocycles. The van der Waals surface area contributed by atoms with Crippen molar-refractivity contribution in [1.82, 2.24) is 9.88 Å². The minimum Gasteiger partial charge on any atom is -0.487 e. The molecule has 2 aliphatic carbocycles. The molecule has 1 aliphatic heterocycles. The van der Waals surface area contributed by atoms with Crippen LogP contribution in [0.4, 0.5) is 4.79 Å². The van der Waals surface area contributed by atoms with Crippen LogP contribution in [-0.4, -0.2) is 77.2 Å². The maximum atomic E-state index is 13.8. The van der Waals surface area contributed by atoms with Crippen LogP contribution in [0.5, 0.6) is 11.5 Å². The number of benzene rings is 2. The lowest BCUT2D eigenvalue weighted by atomic mass is 9.55. The van der Waals surface area contributed by atoms with E-state index < -0.39 is 23.8 Å². The molecule has 6 atom stereocenters. The molecule has 6 unspecified atom stereocenters. The lowest BCUT2D eigenvalue weighted by Crippen LogP contribution is -2.70. The molecule has 2 heterocycles. The van der Waals surface area contributed by atoms with Gasteiger partial charge >= 0.3 is 6.09 Å². The average Bonchev–Trinajstić information content (AvgIpc) is 3.23.